The van der Waals surface area contributed by atoms with Gasteiger partial charge in [0.2, 0.25) is 5.76 Å². The largest absolute Gasteiger partial charge is 0.480 e. The molecule has 41 heavy (non-hydrogen) atoms. The first-order valence-electron chi connectivity index (χ1n) is 12.9. The van der Waals surface area contributed by atoms with Crippen LogP contribution in [0.4, 0.5) is 0 Å². The van der Waals surface area contributed by atoms with Gasteiger partial charge >= 0.3 is 5.97 Å². The van der Waals surface area contributed by atoms with Crippen molar-refractivity contribution >= 4 is 28.7 Å². The SMILES string of the molecule is NNC(=O)c1cc(-c2ccc(-c3ccc(-c4cc(C(=O)N5CCCC5C(=O)O)on4)cc3)cc2)nc2ccncc12. The maximum absolute atomic E-state index is 12.8. The lowest BCUT2D eigenvalue weighted by atomic mass is 9.99. The van der Waals surface area contributed by atoms with Crippen LogP contribution in [0.1, 0.15) is 33.8 Å². The Balaban J connectivity index is 1.21. The minimum atomic E-state index is -1.02. The number of aromatic nitrogens is 3. The molecule has 5 aromatic rings. The predicted molar refractivity (Wildman–Crippen MR) is 149 cm³/mol. The zero-order valence-corrected chi connectivity index (χ0v) is 21.7. The number of pyridine rings is 2. The lowest BCUT2D eigenvalue weighted by Gasteiger charge is -2.19. The van der Waals surface area contributed by atoms with Crippen LogP contribution in [0.2, 0.25) is 0 Å². The van der Waals surface area contributed by atoms with E-state index in [2.05, 4.69) is 20.6 Å². The van der Waals surface area contributed by atoms with Crippen molar-refractivity contribution in [1.29, 1.82) is 0 Å². The summed E-state index contributed by atoms with van der Waals surface area (Å²) in [6.07, 6.45) is 4.27. The molecule has 0 saturated carbocycles. The third-order valence-corrected chi connectivity index (χ3v) is 7.20. The number of aliphatic carboxylic acids is 1. The van der Waals surface area contributed by atoms with E-state index in [1.165, 1.54) is 11.0 Å². The normalized spacial score (nSPS) is 14.8. The number of hydrogen-bond acceptors (Lipinski definition) is 8. The molecule has 11 heteroatoms. The summed E-state index contributed by atoms with van der Waals surface area (Å²) in [6.45, 7) is 0.373. The number of nitrogens with one attached hydrogen (secondary N) is 1. The number of carbonyl (C=O) groups is 3. The molecule has 1 atom stereocenters. The number of carboxylic acid groups (broad SMARTS) is 1. The Morgan fingerprint density at radius 3 is 2.24 bits per heavy atom. The number of nitrogen functional groups attached to an aromatic ring is 1. The van der Waals surface area contributed by atoms with Gasteiger partial charge in [0.15, 0.2) is 0 Å². The van der Waals surface area contributed by atoms with Crippen LogP contribution in [-0.2, 0) is 4.79 Å². The number of hydrazine groups is 1. The van der Waals surface area contributed by atoms with E-state index in [-0.39, 0.29) is 5.76 Å². The van der Waals surface area contributed by atoms with E-state index in [0.29, 0.717) is 47.2 Å². The standard InChI is InChI=1S/C30H24N6O5/c31-34-28(37)21-14-24(33-23-11-12-32-16-22(21)23)19-7-3-17(4-8-19)18-5-9-20(10-6-18)25-15-27(41-35-25)29(38)36-13-1-2-26(36)30(39)40/h3-12,14-16,26H,1-2,13,31H2,(H,34,37)(H,39,40). The maximum atomic E-state index is 12.8. The molecule has 0 bridgehead atoms. The molecule has 0 spiro atoms. The lowest BCUT2D eigenvalue weighted by Crippen LogP contribution is -2.40. The van der Waals surface area contributed by atoms with Crippen LogP contribution in [0.25, 0.3) is 44.5 Å². The summed E-state index contributed by atoms with van der Waals surface area (Å²) in [6, 6.07) is 19.6. The number of carboxylic acids is 1. The molecule has 11 nitrogen and oxygen atoms in total. The number of fused-ring (bicyclic) bond motifs is 1. The zero-order valence-electron chi connectivity index (χ0n) is 21.7. The smallest absolute Gasteiger partial charge is 0.326 e. The topological polar surface area (TPSA) is 165 Å². The molecule has 1 fully saturated rings. The number of hydrogen-bond donors (Lipinski definition) is 3. The van der Waals surface area contributed by atoms with Gasteiger partial charge in [0.25, 0.3) is 11.8 Å². The van der Waals surface area contributed by atoms with E-state index >= 15 is 0 Å². The van der Waals surface area contributed by atoms with Gasteiger partial charge in [0, 0.05) is 41.5 Å². The first kappa shape index (κ1) is 25.8. The highest BCUT2D eigenvalue weighted by molar-refractivity contribution is 6.06. The molecule has 6 rings (SSSR count). The molecular formula is C30H24N6O5. The van der Waals surface area contributed by atoms with Gasteiger partial charge in [-0.2, -0.15) is 0 Å². The minimum absolute atomic E-state index is 0.0125. The number of nitrogens with two attached hydrogens (primary N) is 1. The van der Waals surface area contributed by atoms with Crippen molar-refractivity contribution in [3.63, 3.8) is 0 Å². The van der Waals surface area contributed by atoms with Crippen molar-refractivity contribution in [2.45, 2.75) is 18.9 Å². The number of likely N-dealkylation sites (tertiary alicyclic amines) is 1. The molecule has 1 unspecified atom stereocenters. The monoisotopic (exact) mass is 548 g/mol. The van der Waals surface area contributed by atoms with Gasteiger partial charge in [-0.05, 0) is 36.1 Å². The summed E-state index contributed by atoms with van der Waals surface area (Å²) in [5.74, 6) is 3.48. The fourth-order valence-electron chi connectivity index (χ4n) is 5.07. The van der Waals surface area contributed by atoms with Crippen molar-refractivity contribution < 1.29 is 24.0 Å². The first-order valence-corrected chi connectivity index (χ1v) is 12.9. The summed E-state index contributed by atoms with van der Waals surface area (Å²) in [5.41, 5.74) is 7.83. The van der Waals surface area contributed by atoms with Gasteiger partial charge in [0.1, 0.15) is 11.7 Å². The minimum Gasteiger partial charge on any atom is -0.480 e. The molecule has 0 radical (unpaired) electrons. The van der Waals surface area contributed by atoms with E-state index in [9.17, 15) is 19.5 Å². The highest BCUT2D eigenvalue weighted by Gasteiger charge is 2.36. The molecule has 0 aliphatic carbocycles. The average Bonchev–Trinajstić information content (AvgIpc) is 3.71. The van der Waals surface area contributed by atoms with Crippen LogP contribution < -0.4 is 11.3 Å². The number of carbonyl (C=O) groups excluding carboxylic acids is 2. The second kappa shape index (κ2) is 10.6. The van der Waals surface area contributed by atoms with E-state index < -0.39 is 23.8 Å². The lowest BCUT2D eigenvalue weighted by molar-refractivity contribution is -0.141. The van der Waals surface area contributed by atoms with E-state index in [4.69, 9.17) is 10.4 Å². The molecule has 4 N–H and O–H groups in total. The molecular weight excluding hydrogens is 524 g/mol. The Morgan fingerprint density at radius 2 is 1.59 bits per heavy atom. The number of benzene rings is 2. The average molecular weight is 549 g/mol. The Kier molecular flexibility index (Phi) is 6.70. The molecule has 204 valence electrons. The zero-order chi connectivity index (χ0) is 28.5. The van der Waals surface area contributed by atoms with Crippen molar-refractivity contribution in [3.8, 4) is 33.6 Å². The second-order valence-corrected chi connectivity index (χ2v) is 9.65. The molecule has 2 amide bonds. The second-order valence-electron chi connectivity index (χ2n) is 9.65. The summed E-state index contributed by atoms with van der Waals surface area (Å²) >= 11 is 0. The third kappa shape index (κ3) is 4.90. The quantitative estimate of drug-likeness (QED) is 0.162. The Bertz CT molecular complexity index is 1780. The molecule has 1 saturated heterocycles. The summed E-state index contributed by atoms with van der Waals surface area (Å²) in [4.78, 5) is 46.7. The number of amides is 2. The highest BCUT2D eigenvalue weighted by Crippen LogP contribution is 2.29. The van der Waals surface area contributed by atoms with Gasteiger partial charge < -0.3 is 14.5 Å². The van der Waals surface area contributed by atoms with Crippen molar-refractivity contribution in [2.24, 2.45) is 5.84 Å². The van der Waals surface area contributed by atoms with Crippen LogP contribution in [-0.4, -0.2) is 55.5 Å². The molecule has 2 aromatic carbocycles. The van der Waals surface area contributed by atoms with Crippen LogP contribution in [0.5, 0.6) is 0 Å². The van der Waals surface area contributed by atoms with Crippen LogP contribution in [0, 0.1) is 0 Å². The van der Waals surface area contributed by atoms with Crippen LogP contribution >= 0.6 is 0 Å². The van der Waals surface area contributed by atoms with Gasteiger partial charge in [-0.3, -0.25) is 20.0 Å². The Labute approximate surface area is 233 Å². The maximum Gasteiger partial charge on any atom is 0.326 e. The van der Waals surface area contributed by atoms with Crippen molar-refractivity contribution in [3.05, 3.63) is 90.4 Å². The molecule has 1 aliphatic heterocycles. The summed E-state index contributed by atoms with van der Waals surface area (Å²) in [5, 5.41) is 14.0. The van der Waals surface area contributed by atoms with Crippen molar-refractivity contribution in [1.82, 2.24) is 25.5 Å². The van der Waals surface area contributed by atoms with Gasteiger partial charge in [-0.15, -0.1) is 0 Å². The number of rotatable bonds is 6. The van der Waals surface area contributed by atoms with Crippen LogP contribution in [0.15, 0.2) is 83.6 Å². The molecule has 3 aromatic heterocycles. The summed E-state index contributed by atoms with van der Waals surface area (Å²) in [7, 11) is 0. The predicted octanol–water partition coefficient (Wildman–Crippen LogP) is 3.91. The third-order valence-electron chi connectivity index (χ3n) is 7.20. The van der Waals surface area contributed by atoms with E-state index in [0.717, 1.165) is 22.3 Å². The van der Waals surface area contributed by atoms with E-state index in [1.807, 2.05) is 48.5 Å². The Hall–Kier alpha value is -5.42. The Morgan fingerprint density at radius 1 is 0.927 bits per heavy atom. The fourth-order valence-corrected chi connectivity index (χ4v) is 5.07. The molecule has 4 heterocycles. The van der Waals surface area contributed by atoms with Gasteiger partial charge in [-0.25, -0.2) is 15.6 Å². The summed E-state index contributed by atoms with van der Waals surface area (Å²) < 4.78 is 5.27. The fraction of sp³-hybridized carbons (Fsp3) is 0.133. The highest BCUT2D eigenvalue weighted by atomic mass is 16.5. The number of nitrogens with zero attached hydrogens (tertiary/aromatic N) is 4. The van der Waals surface area contributed by atoms with E-state index in [1.54, 1.807) is 24.5 Å². The van der Waals surface area contributed by atoms with Crippen LogP contribution in [0.3, 0.4) is 0 Å². The first-order chi connectivity index (χ1) is 19.9. The van der Waals surface area contributed by atoms with Gasteiger partial charge in [0.05, 0.1) is 16.8 Å². The van der Waals surface area contributed by atoms with Gasteiger partial charge in [-0.1, -0.05) is 53.7 Å². The molecule has 1 aliphatic rings. The van der Waals surface area contributed by atoms with Crippen molar-refractivity contribution in [2.75, 3.05) is 6.54 Å².